The molecular formula is C22H17FN2OS. The maximum absolute atomic E-state index is 14.8. The molecule has 0 radical (unpaired) electrons. The van der Waals surface area contributed by atoms with Gasteiger partial charge in [0.2, 0.25) is 0 Å². The van der Waals surface area contributed by atoms with Gasteiger partial charge in [0.1, 0.15) is 11.9 Å². The summed E-state index contributed by atoms with van der Waals surface area (Å²) in [5, 5.41) is 3.04. The third-order valence-electron chi connectivity index (χ3n) is 5.23. The highest BCUT2D eigenvalue weighted by atomic mass is 32.1. The van der Waals surface area contributed by atoms with E-state index >= 15 is 0 Å². The van der Waals surface area contributed by atoms with Crippen LogP contribution in [0.2, 0.25) is 0 Å². The van der Waals surface area contributed by atoms with Crippen molar-refractivity contribution < 1.29 is 9.18 Å². The molecule has 1 aliphatic rings. The Bertz CT molecular complexity index is 1130. The van der Waals surface area contributed by atoms with Crippen LogP contribution in [0.1, 0.15) is 32.5 Å². The number of aromatic amines is 1. The number of carbonyl (C=O) groups is 1. The predicted octanol–water partition coefficient (Wildman–Crippen LogP) is 5.16. The van der Waals surface area contributed by atoms with Gasteiger partial charge in [-0.3, -0.25) is 4.79 Å². The van der Waals surface area contributed by atoms with E-state index in [-0.39, 0.29) is 11.7 Å². The van der Waals surface area contributed by atoms with Crippen molar-refractivity contribution in [2.75, 3.05) is 6.54 Å². The molecule has 0 unspecified atom stereocenters. The van der Waals surface area contributed by atoms with Crippen LogP contribution in [0.4, 0.5) is 4.39 Å². The Labute approximate surface area is 160 Å². The van der Waals surface area contributed by atoms with Gasteiger partial charge in [0.25, 0.3) is 5.91 Å². The molecular weight excluding hydrogens is 359 g/mol. The van der Waals surface area contributed by atoms with Gasteiger partial charge in [-0.15, -0.1) is 11.3 Å². The van der Waals surface area contributed by atoms with E-state index < -0.39 is 6.04 Å². The van der Waals surface area contributed by atoms with Crippen LogP contribution < -0.4 is 0 Å². The molecule has 3 heterocycles. The highest BCUT2D eigenvalue weighted by molar-refractivity contribution is 7.12. The molecule has 4 aromatic rings. The van der Waals surface area contributed by atoms with Crippen molar-refractivity contribution in [2.24, 2.45) is 0 Å². The fourth-order valence-corrected chi connectivity index (χ4v) is 4.70. The summed E-state index contributed by atoms with van der Waals surface area (Å²) in [6.07, 6.45) is 0.751. The second-order valence-electron chi connectivity index (χ2n) is 6.71. The summed E-state index contributed by atoms with van der Waals surface area (Å²) in [7, 11) is 0. The summed E-state index contributed by atoms with van der Waals surface area (Å²) >= 11 is 1.42. The third-order valence-corrected chi connectivity index (χ3v) is 6.08. The lowest BCUT2D eigenvalue weighted by atomic mass is 9.92. The number of carbonyl (C=O) groups excluding carboxylic acids is 1. The van der Waals surface area contributed by atoms with E-state index in [1.807, 2.05) is 41.8 Å². The van der Waals surface area contributed by atoms with Gasteiger partial charge in [-0.25, -0.2) is 4.39 Å². The minimum Gasteiger partial charge on any atom is -0.356 e. The average Bonchev–Trinajstić information content (AvgIpc) is 3.35. The zero-order valence-corrected chi connectivity index (χ0v) is 15.3. The van der Waals surface area contributed by atoms with Crippen LogP contribution in [-0.2, 0) is 6.42 Å². The molecule has 0 saturated carbocycles. The van der Waals surface area contributed by atoms with Crippen molar-refractivity contribution >= 4 is 28.1 Å². The Morgan fingerprint density at radius 1 is 1.07 bits per heavy atom. The van der Waals surface area contributed by atoms with Crippen LogP contribution in [0.25, 0.3) is 10.9 Å². The van der Waals surface area contributed by atoms with E-state index in [0.29, 0.717) is 17.0 Å². The second kappa shape index (κ2) is 6.35. The number of hydrogen-bond acceptors (Lipinski definition) is 2. The molecule has 1 amide bonds. The van der Waals surface area contributed by atoms with Crippen LogP contribution in [-0.4, -0.2) is 22.3 Å². The van der Waals surface area contributed by atoms with E-state index in [2.05, 4.69) is 11.1 Å². The second-order valence-corrected chi connectivity index (χ2v) is 7.66. The number of H-pyrrole nitrogens is 1. The fraction of sp³-hybridized carbons (Fsp3) is 0.136. The molecule has 5 rings (SSSR count). The molecule has 0 spiro atoms. The summed E-state index contributed by atoms with van der Waals surface area (Å²) in [6.45, 7) is 0.560. The largest absolute Gasteiger partial charge is 0.356 e. The molecule has 0 saturated heterocycles. The number of para-hydroxylation sites is 1. The van der Waals surface area contributed by atoms with Crippen LogP contribution >= 0.6 is 11.3 Å². The quantitative estimate of drug-likeness (QED) is 0.516. The topological polar surface area (TPSA) is 36.1 Å². The molecule has 3 nitrogen and oxygen atoms in total. The Morgan fingerprint density at radius 3 is 2.70 bits per heavy atom. The normalized spacial score (nSPS) is 16.5. The Morgan fingerprint density at radius 2 is 1.89 bits per heavy atom. The van der Waals surface area contributed by atoms with Gasteiger partial charge in [-0.2, -0.15) is 0 Å². The van der Waals surface area contributed by atoms with Crippen LogP contribution in [0.5, 0.6) is 0 Å². The molecule has 0 aliphatic carbocycles. The summed E-state index contributed by atoms with van der Waals surface area (Å²) in [6, 6.07) is 18.1. The summed E-state index contributed by atoms with van der Waals surface area (Å²) in [4.78, 5) is 19.1. The first-order valence-electron chi connectivity index (χ1n) is 8.92. The number of hydrogen-bond donors (Lipinski definition) is 1. The highest BCUT2D eigenvalue weighted by Crippen LogP contribution is 2.40. The van der Waals surface area contributed by atoms with Gasteiger partial charge in [-0.05, 0) is 35.6 Å². The summed E-state index contributed by atoms with van der Waals surface area (Å²) in [5.74, 6) is -0.347. The molecule has 27 heavy (non-hydrogen) atoms. The van der Waals surface area contributed by atoms with Gasteiger partial charge in [0, 0.05) is 28.7 Å². The SMILES string of the molecule is O=C(c1cccs1)N1CCc2c([nH]c3ccccc23)[C@H]1c1ccccc1F. The number of halogens is 1. The number of fused-ring (bicyclic) bond motifs is 3. The number of rotatable bonds is 2. The predicted molar refractivity (Wildman–Crippen MR) is 106 cm³/mol. The zero-order valence-electron chi connectivity index (χ0n) is 14.5. The Hall–Kier alpha value is -2.92. The molecule has 0 bridgehead atoms. The molecule has 1 atom stereocenters. The number of thiophene rings is 1. The maximum Gasteiger partial charge on any atom is 0.264 e. The first kappa shape index (κ1) is 16.3. The molecule has 2 aromatic carbocycles. The van der Waals surface area contributed by atoms with Gasteiger partial charge < -0.3 is 9.88 Å². The van der Waals surface area contributed by atoms with Gasteiger partial charge in [-0.1, -0.05) is 42.5 Å². The highest BCUT2D eigenvalue weighted by Gasteiger charge is 2.36. The van der Waals surface area contributed by atoms with E-state index in [9.17, 15) is 9.18 Å². The maximum atomic E-state index is 14.8. The van der Waals surface area contributed by atoms with Crippen molar-refractivity contribution in [1.82, 2.24) is 9.88 Å². The van der Waals surface area contributed by atoms with Crippen molar-refractivity contribution in [3.63, 3.8) is 0 Å². The minimum absolute atomic E-state index is 0.0532. The van der Waals surface area contributed by atoms with E-state index in [1.54, 1.807) is 17.0 Å². The van der Waals surface area contributed by atoms with Crippen molar-refractivity contribution in [3.8, 4) is 0 Å². The summed E-state index contributed by atoms with van der Waals surface area (Å²) in [5.41, 5.74) is 3.63. The number of benzene rings is 2. The van der Waals surface area contributed by atoms with Crippen LogP contribution in [0.3, 0.4) is 0 Å². The lowest BCUT2D eigenvalue weighted by Gasteiger charge is -2.36. The third kappa shape index (κ3) is 2.58. The first-order chi connectivity index (χ1) is 13.2. The summed E-state index contributed by atoms with van der Waals surface area (Å²) < 4.78 is 14.8. The molecule has 134 valence electrons. The minimum atomic E-state index is -0.461. The van der Waals surface area contributed by atoms with E-state index in [1.165, 1.54) is 23.0 Å². The smallest absolute Gasteiger partial charge is 0.264 e. The molecule has 5 heteroatoms. The molecule has 1 N–H and O–H groups in total. The van der Waals surface area contributed by atoms with Gasteiger partial charge in [0.05, 0.1) is 4.88 Å². The van der Waals surface area contributed by atoms with Gasteiger partial charge >= 0.3 is 0 Å². The fourth-order valence-electron chi connectivity index (χ4n) is 4.02. The standard InChI is InChI=1S/C22H17FN2OS/c23-17-8-3-1-7-16(17)21-20-15(14-6-2-4-9-18(14)24-20)11-12-25(21)22(26)19-10-5-13-27-19/h1-10,13,21,24H,11-12H2/t21-/m1/s1. The van der Waals surface area contributed by atoms with Crippen molar-refractivity contribution in [1.29, 1.82) is 0 Å². The Kier molecular flexibility index (Phi) is 3.83. The Balaban J connectivity index is 1.71. The molecule has 1 aliphatic heterocycles. The number of nitrogens with zero attached hydrogens (tertiary/aromatic N) is 1. The first-order valence-corrected chi connectivity index (χ1v) is 9.80. The van der Waals surface area contributed by atoms with Crippen LogP contribution in [0, 0.1) is 5.82 Å². The zero-order chi connectivity index (χ0) is 18.4. The van der Waals surface area contributed by atoms with Gasteiger partial charge in [0.15, 0.2) is 0 Å². The molecule has 2 aromatic heterocycles. The number of aromatic nitrogens is 1. The number of amides is 1. The monoisotopic (exact) mass is 376 g/mol. The van der Waals surface area contributed by atoms with Crippen molar-refractivity contribution in [2.45, 2.75) is 12.5 Å². The lowest BCUT2D eigenvalue weighted by Crippen LogP contribution is -2.40. The average molecular weight is 376 g/mol. The van der Waals surface area contributed by atoms with Crippen LogP contribution in [0.15, 0.2) is 66.0 Å². The van der Waals surface area contributed by atoms with E-state index in [0.717, 1.165) is 23.0 Å². The van der Waals surface area contributed by atoms with Crippen molar-refractivity contribution in [3.05, 3.63) is 93.6 Å². The molecule has 0 fully saturated rings. The lowest BCUT2D eigenvalue weighted by molar-refractivity contribution is 0.0694. The number of nitrogens with one attached hydrogen (secondary N) is 1. The van der Waals surface area contributed by atoms with E-state index in [4.69, 9.17) is 0 Å².